The first-order valence-corrected chi connectivity index (χ1v) is 8.91. The largest absolute Gasteiger partial charge is 0.493 e. The van der Waals surface area contributed by atoms with Gasteiger partial charge in [0.05, 0.1) is 19.2 Å². The minimum Gasteiger partial charge on any atom is -0.493 e. The van der Waals surface area contributed by atoms with E-state index in [0.29, 0.717) is 11.8 Å². The van der Waals surface area contributed by atoms with E-state index in [1.54, 1.807) is 6.21 Å². The molecule has 0 aromatic heterocycles. The van der Waals surface area contributed by atoms with Crippen molar-refractivity contribution < 1.29 is 19.4 Å². The van der Waals surface area contributed by atoms with Crippen molar-refractivity contribution >= 4 is 35.0 Å². The SMILES string of the molecule is CCCCOc1ccc(C=NN=C2NC(=O)C(CC(=O)O)S2)cc1C. The summed E-state index contributed by atoms with van der Waals surface area (Å²) in [6.45, 7) is 4.78. The third-order valence-corrected chi connectivity index (χ3v) is 4.52. The highest BCUT2D eigenvalue weighted by atomic mass is 32.2. The van der Waals surface area contributed by atoms with Crippen molar-refractivity contribution in [2.24, 2.45) is 10.2 Å². The molecular formula is C17H21N3O4S. The van der Waals surface area contributed by atoms with E-state index >= 15 is 0 Å². The van der Waals surface area contributed by atoms with Crippen LogP contribution in [-0.4, -0.2) is 40.2 Å². The van der Waals surface area contributed by atoms with Crippen LogP contribution in [0.25, 0.3) is 0 Å². The molecule has 0 aliphatic carbocycles. The Balaban J connectivity index is 1.94. The van der Waals surface area contributed by atoms with Gasteiger partial charge in [0.25, 0.3) is 0 Å². The average Bonchev–Trinajstić information content (AvgIpc) is 2.89. The Bertz CT molecular complexity index is 703. The number of hydrogen-bond donors (Lipinski definition) is 2. The van der Waals surface area contributed by atoms with Gasteiger partial charge in [-0.15, -0.1) is 5.10 Å². The molecule has 0 spiro atoms. The predicted molar refractivity (Wildman–Crippen MR) is 98.4 cm³/mol. The number of carboxylic acids is 1. The molecule has 1 fully saturated rings. The summed E-state index contributed by atoms with van der Waals surface area (Å²) in [4.78, 5) is 22.3. The number of thioether (sulfide) groups is 1. The Morgan fingerprint density at radius 1 is 1.48 bits per heavy atom. The number of ether oxygens (including phenoxy) is 1. The van der Waals surface area contributed by atoms with Gasteiger partial charge in [0, 0.05) is 0 Å². The number of amidine groups is 1. The second kappa shape index (κ2) is 9.22. The number of amides is 1. The number of nitrogens with zero attached hydrogens (tertiary/aromatic N) is 2. The van der Waals surface area contributed by atoms with Gasteiger partial charge in [0.2, 0.25) is 5.91 Å². The highest BCUT2D eigenvalue weighted by Gasteiger charge is 2.32. The minimum absolute atomic E-state index is 0.238. The third-order valence-electron chi connectivity index (χ3n) is 3.45. The van der Waals surface area contributed by atoms with E-state index in [-0.39, 0.29) is 12.3 Å². The van der Waals surface area contributed by atoms with Crippen LogP contribution in [-0.2, 0) is 9.59 Å². The minimum atomic E-state index is -1.02. The molecule has 1 aromatic rings. The smallest absolute Gasteiger partial charge is 0.305 e. The summed E-state index contributed by atoms with van der Waals surface area (Å²) >= 11 is 1.07. The molecule has 2 rings (SSSR count). The summed E-state index contributed by atoms with van der Waals surface area (Å²) in [6.07, 6.45) is 3.45. The van der Waals surface area contributed by atoms with Gasteiger partial charge in [-0.05, 0) is 42.7 Å². The quantitative estimate of drug-likeness (QED) is 0.420. The van der Waals surface area contributed by atoms with E-state index in [4.69, 9.17) is 9.84 Å². The molecule has 1 unspecified atom stereocenters. The van der Waals surface area contributed by atoms with E-state index in [1.807, 2.05) is 25.1 Å². The molecule has 7 nitrogen and oxygen atoms in total. The number of aryl methyl sites for hydroxylation is 1. The zero-order chi connectivity index (χ0) is 18.2. The van der Waals surface area contributed by atoms with Crippen LogP contribution >= 0.6 is 11.8 Å². The van der Waals surface area contributed by atoms with Gasteiger partial charge in [-0.25, -0.2) is 0 Å². The van der Waals surface area contributed by atoms with Crippen molar-refractivity contribution in [2.45, 2.75) is 38.4 Å². The van der Waals surface area contributed by atoms with E-state index in [0.717, 1.165) is 41.5 Å². The first-order valence-electron chi connectivity index (χ1n) is 8.03. The Labute approximate surface area is 150 Å². The number of carbonyl (C=O) groups is 2. The molecule has 1 aliphatic heterocycles. The van der Waals surface area contributed by atoms with Crippen LogP contribution in [0.2, 0.25) is 0 Å². The van der Waals surface area contributed by atoms with Crippen LogP contribution in [0.3, 0.4) is 0 Å². The standard InChI is InChI=1S/C17H21N3O4S/c1-3-4-7-24-13-6-5-12(8-11(13)2)10-18-20-17-19-16(23)14(25-17)9-15(21)22/h5-6,8,10,14H,3-4,7,9H2,1-2H3,(H,21,22)(H,19,20,23). The fourth-order valence-electron chi connectivity index (χ4n) is 2.13. The van der Waals surface area contributed by atoms with Crippen LogP contribution in [0.5, 0.6) is 5.75 Å². The lowest BCUT2D eigenvalue weighted by Crippen LogP contribution is -2.26. The maximum Gasteiger partial charge on any atom is 0.305 e. The molecule has 134 valence electrons. The molecule has 25 heavy (non-hydrogen) atoms. The molecular weight excluding hydrogens is 342 g/mol. The maximum atomic E-state index is 11.6. The van der Waals surface area contributed by atoms with Crippen molar-refractivity contribution in [2.75, 3.05) is 6.61 Å². The van der Waals surface area contributed by atoms with Crippen LogP contribution in [0, 0.1) is 6.92 Å². The van der Waals surface area contributed by atoms with Gasteiger partial charge in [0.1, 0.15) is 11.0 Å². The molecule has 0 bridgehead atoms. The molecule has 1 heterocycles. The lowest BCUT2D eigenvalue weighted by molar-refractivity contribution is -0.138. The van der Waals surface area contributed by atoms with Crippen molar-refractivity contribution in [3.63, 3.8) is 0 Å². The second-order valence-corrected chi connectivity index (χ2v) is 6.76. The average molecular weight is 363 g/mol. The van der Waals surface area contributed by atoms with Gasteiger partial charge >= 0.3 is 5.97 Å². The third kappa shape index (κ3) is 5.90. The van der Waals surface area contributed by atoms with Crippen molar-refractivity contribution in [3.8, 4) is 5.75 Å². The molecule has 0 saturated carbocycles. The Hall–Kier alpha value is -2.35. The van der Waals surface area contributed by atoms with Gasteiger partial charge in [-0.1, -0.05) is 25.1 Å². The monoisotopic (exact) mass is 363 g/mol. The molecule has 1 aromatic carbocycles. The van der Waals surface area contributed by atoms with Crippen molar-refractivity contribution in [1.82, 2.24) is 5.32 Å². The van der Waals surface area contributed by atoms with Gasteiger partial charge in [-0.2, -0.15) is 5.10 Å². The molecule has 1 atom stereocenters. The van der Waals surface area contributed by atoms with Gasteiger partial charge in [0.15, 0.2) is 5.17 Å². The van der Waals surface area contributed by atoms with Crippen molar-refractivity contribution in [3.05, 3.63) is 29.3 Å². The molecule has 1 amide bonds. The number of unbranched alkanes of at least 4 members (excludes halogenated alkanes) is 1. The second-order valence-electron chi connectivity index (χ2n) is 5.57. The summed E-state index contributed by atoms with van der Waals surface area (Å²) in [5.41, 5.74) is 1.87. The van der Waals surface area contributed by atoms with Crippen LogP contribution in [0.15, 0.2) is 28.4 Å². The zero-order valence-corrected chi connectivity index (χ0v) is 15.0. The number of nitrogens with one attached hydrogen (secondary N) is 1. The molecule has 1 saturated heterocycles. The predicted octanol–water partition coefficient (Wildman–Crippen LogP) is 2.57. The summed E-state index contributed by atoms with van der Waals surface area (Å²) in [5, 5.41) is 18.8. The molecule has 8 heteroatoms. The molecule has 1 aliphatic rings. The topological polar surface area (TPSA) is 100 Å². The van der Waals surface area contributed by atoms with Gasteiger partial charge in [-0.3, -0.25) is 9.59 Å². The van der Waals surface area contributed by atoms with E-state index < -0.39 is 11.2 Å². The Kier molecular flexibility index (Phi) is 7.00. The lowest BCUT2D eigenvalue weighted by Gasteiger charge is -2.08. The van der Waals surface area contributed by atoms with E-state index in [2.05, 4.69) is 22.4 Å². The Morgan fingerprint density at radius 3 is 2.96 bits per heavy atom. The van der Waals surface area contributed by atoms with Crippen LogP contribution in [0.1, 0.15) is 37.3 Å². The normalized spacial score (nSPS) is 18.7. The number of benzene rings is 1. The van der Waals surface area contributed by atoms with Gasteiger partial charge < -0.3 is 15.2 Å². The zero-order valence-electron chi connectivity index (χ0n) is 14.2. The summed E-state index contributed by atoms with van der Waals surface area (Å²) in [5.74, 6) is -0.521. The number of hydrogen-bond acceptors (Lipinski definition) is 6. The summed E-state index contributed by atoms with van der Waals surface area (Å²) in [6, 6.07) is 5.72. The highest BCUT2D eigenvalue weighted by Crippen LogP contribution is 2.22. The summed E-state index contributed by atoms with van der Waals surface area (Å²) in [7, 11) is 0. The number of rotatable bonds is 8. The van der Waals surface area contributed by atoms with E-state index in [9.17, 15) is 9.59 Å². The van der Waals surface area contributed by atoms with Crippen LogP contribution < -0.4 is 10.1 Å². The number of aliphatic carboxylic acids is 1. The fourth-order valence-corrected chi connectivity index (χ4v) is 3.05. The summed E-state index contributed by atoms with van der Waals surface area (Å²) < 4.78 is 5.70. The first-order chi connectivity index (χ1) is 12.0. The molecule has 2 N–H and O–H groups in total. The maximum absolute atomic E-state index is 11.6. The Morgan fingerprint density at radius 2 is 2.28 bits per heavy atom. The number of carbonyl (C=O) groups excluding carboxylic acids is 1. The fraction of sp³-hybridized carbons (Fsp3) is 0.412. The number of carboxylic acid groups (broad SMARTS) is 1. The lowest BCUT2D eigenvalue weighted by atomic mass is 10.1. The highest BCUT2D eigenvalue weighted by molar-refractivity contribution is 8.15. The van der Waals surface area contributed by atoms with E-state index in [1.165, 1.54) is 0 Å². The first kappa shape index (κ1) is 19.0. The van der Waals surface area contributed by atoms with Crippen molar-refractivity contribution in [1.29, 1.82) is 0 Å². The van der Waals surface area contributed by atoms with Crippen LogP contribution in [0.4, 0.5) is 0 Å². The molecule has 0 radical (unpaired) electrons.